The molecule has 1 aromatic carbocycles. The predicted molar refractivity (Wildman–Crippen MR) is 74.7 cm³/mol. The SMILES string of the molecule is Oc1c(F)cccc1CNCCN1CCCCCC1. The maximum absolute atomic E-state index is 13.1. The molecule has 0 atom stereocenters. The molecule has 1 fully saturated rings. The number of aromatic hydroxyl groups is 1. The van der Waals surface area contributed by atoms with Crippen LogP contribution in [0.2, 0.25) is 0 Å². The van der Waals surface area contributed by atoms with Crippen molar-refractivity contribution in [1.29, 1.82) is 0 Å². The van der Waals surface area contributed by atoms with Gasteiger partial charge < -0.3 is 15.3 Å². The summed E-state index contributed by atoms with van der Waals surface area (Å²) in [5.74, 6) is -0.781. The van der Waals surface area contributed by atoms with Gasteiger partial charge in [-0.25, -0.2) is 4.39 Å². The number of rotatable bonds is 5. The molecule has 1 aromatic rings. The summed E-state index contributed by atoms with van der Waals surface area (Å²) in [7, 11) is 0. The first-order valence-electron chi connectivity index (χ1n) is 7.17. The lowest BCUT2D eigenvalue weighted by molar-refractivity contribution is 0.284. The molecular weight excluding hydrogens is 243 g/mol. The van der Waals surface area contributed by atoms with Crippen LogP contribution in [0.3, 0.4) is 0 Å². The third kappa shape index (κ3) is 4.48. The van der Waals surface area contributed by atoms with E-state index in [1.165, 1.54) is 44.8 Å². The van der Waals surface area contributed by atoms with Crippen LogP contribution in [-0.4, -0.2) is 36.2 Å². The quantitative estimate of drug-likeness (QED) is 0.804. The van der Waals surface area contributed by atoms with E-state index in [1.807, 2.05) is 0 Å². The standard InChI is InChI=1S/C15H23FN2O/c16-14-7-5-6-13(15(14)19)12-17-8-11-18-9-3-1-2-4-10-18/h5-7,17,19H,1-4,8-12H2. The second-order valence-electron chi connectivity index (χ2n) is 5.18. The van der Waals surface area contributed by atoms with Crippen molar-refractivity contribution in [2.75, 3.05) is 26.2 Å². The zero-order chi connectivity index (χ0) is 13.5. The van der Waals surface area contributed by atoms with Crippen molar-refractivity contribution in [1.82, 2.24) is 10.2 Å². The maximum Gasteiger partial charge on any atom is 0.165 e. The third-order valence-corrected chi connectivity index (χ3v) is 3.69. The van der Waals surface area contributed by atoms with Gasteiger partial charge in [-0.2, -0.15) is 0 Å². The highest BCUT2D eigenvalue weighted by Gasteiger charge is 2.09. The second-order valence-corrected chi connectivity index (χ2v) is 5.18. The summed E-state index contributed by atoms with van der Waals surface area (Å²) < 4.78 is 13.1. The van der Waals surface area contributed by atoms with E-state index in [9.17, 15) is 9.50 Å². The van der Waals surface area contributed by atoms with Crippen molar-refractivity contribution in [3.8, 4) is 5.75 Å². The van der Waals surface area contributed by atoms with E-state index in [0.29, 0.717) is 12.1 Å². The molecule has 0 radical (unpaired) electrons. The van der Waals surface area contributed by atoms with Gasteiger partial charge in [-0.05, 0) is 32.0 Å². The first-order valence-corrected chi connectivity index (χ1v) is 7.17. The van der Waals surface area contributed by atoms with Crippen LogP contribution in [0.4, 0.5) is 4.39 Å². The highest BCUT2D eigenvalue weighted by Crippen LogP contribution is 2.20. The third-order valence-electron chi connectivity index (χ3n) is 3.69. The van der Waals surface area contributed by atoms with E-state index in [4.69, 9.17) is 0 Å². The number of nitrogens with zero attached hydrogens (tertiary/aromatic N) is 1. The molecule has 2 rings (SSSR count). The first-order chi connectivity index (χ1) is 9.27. The summed E-state index contributed by atoms with van der Waals surface area (Å²) in [6.07, 6.45) is 5.29. The lowest BCUT2D eigenvalue weighted by Crippen LogP contribution is -2.32. The van der Waals surface area contributed by atoms with Crippen molar-refractivity contribution >= 4 is 0 Å². The molecule has 0 aromatic heterocycles. The Labute approximate surface area is 114 Å². The summed E-state index contributed by atoms with van der Waals surface area (Å²) in [5.41, 5.74) is 0.621. The van der Waals surface area contributed by atoms with Crippen LogP contribution in [0.15, 0.2) is 18.2 Å². The molecule has 106 valence electrons. The van der Waals surface area contributed by atoms with Crippen molar-refractivity contribution in [2.45, 2.75) is 32.2 Å². The Kier molecular flexibility index (Phi) is 5.61. The van der Waals surface area contributed by atoms with Gasteiger partial charge >= 0.3 is 0 Å². The molecule has 0 unspecified atom stereocenters. The molecule has 0 aliphatic carbocycles. The molecule has 4 heteroatoms. The minimum atomic E-state index is -0.549. The van der Waals surface area contributed by atoms with Crippen molar-refractivity contribution < 1.29 is 9.50 Å². The van der Waals surface area contributed by atoms with Crippen LogP contribution >= 0.6 is 0 Å². The number of hydrogen-bond acceptors (Lipinski definition) is 3. The van der Waals surface area contributed by atoms with E-state index in [0.717, 1.165) is 13.1 Å². The summed E-state index contributed by atoms with van der Waals surface area (Å²) in [6.45, 7) is 4.78. The fraction of sp³-hybridized carbons (Fsp3) is 0.600. The number of nitrogens with one attached hydrogen (secondary N) is 1. The zero-order valence-corrected chi connectivity index (χ0v) is 11.4. The van der Waals surface area contributed by atoms with Crippen LogP contribution in [0.25, 0.3) is 0 Å². The van der Waals surface area contributed by atoms with Crippen LogP contribution in [0.5, 0.6) is 5.75 Å². The Bertz CT molecular complexity index is 390. The van der Waals surface area contributed by atoms with E-state index in [-0.39, 0.29) is 5.75 Å². The van der Waals surface area contributed by atoms with Gasteiger partial charge in [0.05, 0.1) is 0 Å². The molecule has 0 saturated carbocycles. The number of hydrogen-bond donors (Lipinski definition) is 2. The Hall–Kier alpha value is -1.13. The topological polar surface area (TPSA) is 35.5 Å². The number of likely N-dealkylation sites (tertiary alicyclic amines) is 1. The average Bonchev–Trinajstić information content (AvgIpc) is 2.68. The fourth-order valence-corrected chi connectivity index (χ4v) is 2.52. The van der Waals surface area contributed by atoms with Gasteiger partial charge in [-0.3, -0.25) is 0 Å². The molecule has 2 N–H and O–H groups in total. The minimum Gasteiger partial charge on any atom is -0.505 e. The summed E-state index contributed by atoms with van der Waals surface area (Å²) >= 11 is 0. The van der Waals surface area contributed by atoms with E-state index < -0.39 is 5.82 Å². The highest BCUT2D eigenvalue weighted by molar-refractivity contribution is 5.33. The van der Waals surface area contributed by atoms with Gasteiger partial charge in [-0.1, -0.05) is 25.0 Å². The van der Waals surface area contributed by atoms with E-state index >= 15 is 0 Å². The van der Waals surface area contributed by atoms with Crippen LogP contribution in [-0.2, 0) is 6.54 Å². The van der Waals surface area contributed by atoms with Crippen LogP contribution in [0.1, 0.15) is 31.2 Å². The molecule has 0 spiro atoms. The highest BCUT2D eigenvalue weighted by atomic mass is 19.1. The molecule has 1 aliphatic heterocycles. The fourth-order valence-electron chi connectivity index (χ4n) is 2.52. The molecule has 1 aliphatic rings. The number of phenolic OH excluding ortho intramolecular Hbond substituents is 1. The zero-order valence-electron chi connectivity index (χ0n) is 11.4. The molecule has 1 heterocycles. The Morgan fingerprint density at radius 1 is 1.16 bits per heavy atom. The van der Waals surface area contributed by atoms with Gasteiger partial charge in [0.1, 0.15) is 0 Å². The Morgan fingerprint density at radius 3 is 2.63 bits per heavy atom. The lowest BCUT2D eigenvalue weighted by atomic mass is 10.2. The predicted octanol–water partition coefficient (Wildman–Crippen LogP) is 2.50. The Morgan fingerprint density at radius 2 is 1.89 bits per heavy atom. The van der Waals surface area contributed by atoms with E-state index in [2.05, 4.69) is 10.2 Å². The Balaban J connectivity index is 1.70. The molecular formula is C15H23FN2O. The monoisotopic (exact) mass is 266 g/mol. The molecule has 3 nitrogen and oxygen atoms in total. The first kappa shape index (κ1) is 14.3. The van der Waals surface area contributed by atoms with Crippen molar-refractivity contribution in [3.05, 3.63) is 29.6 Å². The number of phenols is 1. The molecule has 1 saturated heterocycles. The van der Waals surface area contributed by atoms with Gasteiger partial charge in [-0.15, -0.1) is 0 Å². The molecule has 0 amide bonds. The largest absolute Gasteiger partial charge is 0.505 e. The van der Waals surface area contributed by atoms with Crippen LogP contribution in [0, 0.1) is 5.82 Å². The van der Waals surface area contributed by atoms with Crippen LogP contribution < -0.4 is 5.32 Å². The average molecular weight is 266 g/mol. The summed E-state index contributed by atoms with van der Waals surface area (Å²) in [4.78, 5) is 2.48. The van der Waals surface area contributed by atoms with E-state index in [1.54, 1.807) is 12.1 Å². The maximum atomic E-state index is 13.1. The van der Waals surface area contributed by atoms with Crippen molar-refractivity contribution in [3.63, 3.8) is 0 Å². The molecule has 0 bridgehead atoms. The number of halogens is 1. The second kappa shape index (κ2) is 7.46. The number of para-hydroxylation sites is 1. The van der Waals surface area contributed by atoms with Gasteiger partial charge in [0.2, 0.25) is 0 Å². The summed E-state index contributed by atoms with van der Waals surface area (Å²) in [5, 5.41) is 12.8. The molecule has 19 heavy (non-hydrogen) atoms. The normalized spacial score (nSPS) is 17.3. The van der Waals surface area contributed by atoms with Crippen molar-refractivity contribution in [2.24, 2.45) is 0 Å². The van der Waals surface area contributed by atoms with Gasteiger partial charge in [0.25, 0.3) is 0 Å². The smallest absolute Gasteiger partial charge is 0.165 e. The summed E-state index contributed by atoms with van der Waals surface area (Å²) in [6, 6.07) is 4.65. The number of benzene rings is 1. The minimum absolute atomic E-state index is 0.232. The lowest BCUT2D eigenvalue weighted by Gasteiger charge is -2.19. The van der Waals surface area contributed by atoms with Gasteiger partial charge in [0, 0.05) is 25.2 Å². The van der Waals surface area contributed by atoms with Gasteiger partial charge in [0.15, 0.2) is 11.6 Å².